The lowest BCUT2D eigenvalue weighted by atomic mass is 9.59. The Morgan fingerprint density at radius 2 is 1.96 bits per heavy atom. The van der Waals surface area contributed by atoms with Crippen molar-refractivity contribution in [1.82, 2.24) is 10.6 Å². The standard InChI is InChI=1S/C21H32Cl2N2O/c1-4-24-20(26)7-5-12-25-19(13-15(2)3)21(10-6-11-21)16-8-9-17(22)18(23)14-16/h8-9,14-15,19,25H,4-7,10-13H2,1-3H3,(H,24,26). The summed E-state index contributed by atoms with van der Waals surface area (Å²) in [5, 5.41) is 7.88. The zero-order valence-electron chi connectivity index (χ0n) is 16.2. The van der Waals surface area contributed by atoms with Gasteiger partial charge in [0.2, 0.25) is 5.91 Å². The van der Waals surface area contributed by atoms with E-state index in [-0.39, 0.29) is 11.3 Å². The summed E-state index contributed by atoms with van der Waals surface area (Å²) in [7, 11) is 0. The molecule has 0 bridgehead atoms. The number of carbonyl (C=O) groups excluding carboxylic acids is 1. The molecule has 1 aliphatic carbocycles. The molecule has 1 fully saturated rings. The number of hydrogen-bond acceptors (Lipinski definition) is 2. The lowest BCUT2D eigenvalue weighted by Gasteiger charge is -2.49. The van der Waals surface area contributed by atoms with Crippen LogP contribution >= 0.6 is 23.2 Å². The highest BCUT2D eigenvalue weighted by Crippen LogP contribution is 2.49. The molecule has 1 atom stereocenters. The summed E-state index contributed by atoms with van der Waals surface area (Å²) in [5.74, 6) is 0.744. The average Bonchev–Trinajstić information content (AvgIpc) is 2.53. The van der Waals surface area contributed by atoms with Crippen LogP contribution in [0.3, 0.4) is 0 Å². The van der Waals surface area contributed by atoms with Gasteiger partial charge in [-0.15, -0.1) is 0 Å². The fourth-order valence-electron chi connectivity index (χ4n) is 3.99. The first-order valence-electron chi connectivity index (χ1n) is 9.84. The fraction of sp³-hybridized carbons (Fsp3) is 0.667. The Hall–Kier alpha value is -0.770. The molecule has 0 heterocycles. The summed E-state index contributed by atoms with van der Waals surface area (Å²) < 4.78 is 0. The monoisotopic (exact) mass is 398 g/mol. The largest absolute Gasteiger partial charge is 0.356 e. The third kappa shape index (κ3) is 5.37. The summed E-state index contributed by atoms with van der Waals surface area (Å²) in [6, 6.07) is 6.49. The van der Waals surface area contributed by atoms with E-state index >= 15 is 0 Å². The molecule has 1 aromatic carbocycles. The molecule has 1 amide bonds. The van der Waals surface area contributed by atoms with E-state index in [1.807, 2.05) is 19.1 Å². The van der Waals surface area contributed by atoms with E-state index in [1.165, 1.54) is 24.8 Å². The van der Waals surface area contributed by atoms with Crippen molar-refractivity contribution in [3.63, 3.8) is 0 Å². The predicted octanol–water partition coefficient (Wildman–Crippen LogP) is 5.34. The molecule has 0 radical (unpaired) electrons. The minimum Gasteiger partial charge on any atom is -0.356 e. The van der Waals surface area contributed by atoms with Crippen LogP contribution in [0.5, 0.6) is 0 Å². The van der Waals surface area contributed by atoms with E-state index in [2.05, 4.69) is 30.5 Å². The van der Waals surface area contributed by atoms with Gasteiger partial charge < -0.3 is 10.6 Å². The van der Waals surface area contributed by atoms with Crippen molar-refractivity contribution in [2.45, 2.75) is 70.8 Å². The zero-order valence-corrected chi connectivity index (χ0v) is 17.7. The molecule has 1 saturated carbocycles. The lowest BCUT2D eigenvalue weighted by molar-refractivity contribution is -0.121. The quantitative estimate of drug-likeness (QED) is 0.522. The van der Waals surface area contributed by atoms with Crippen LogP contribution in [0.25, 0.3) is 0 Å². The molecule has 3 nitrogen and oxygen atoms in total. The molecular weight excluding hydrogens is 367 g/mol. The summed E-state index contributed by atoms with van der Waals surface area (Å²) in [6.07, 6.45) is 6.14. The molecular formula is C21H32Cl2N2O. The van der Waals surface area contributed by atoms with Crippen molar-refractivity contribution in [1.29, 1.82) is 0 Å². The zero-order chi connectivity index (χ0) is 19.2. The van der Waals surface area contributed by atoms with Crippen LogP contribution in [0.15, 0.2) is 18.2 Å². The fourth-order valence-corrected chi connectivity index (χ4v) is 4.29. The van der Waals surface area contributed by atoms with Crippen molar-refractivity contribution in [3.05, 3.63) is 33.8 Å². The SMILES string of the molecule is CCNC(=O)CCCNC(CC(C)C)C1(c2ccc(Cl)c(Cl)c2)CCC1. The van der Waals surface area contributed by atoms with Gasteiger partial charge >= 0.3 is 0 Å². The normalized spacial score (nSPS) is 17.0. The molecule has 5 heteroatoms. The maximum absolute atomic E-state index is 11.7. The van der Waals surface area contributed by atoms with Gasteiger partial charge in [-0.25, -0.2) is 0 Å². The number of rotatable bonds is 10. The summed E-state index contributed by atoms with van der Waals surface area (Å²) in [6.45, 7) is 8.04. The van der Waals surface area contributed by atoms with E-state index in [0.717, 1.165) is 19.4 Å². The van der Waals surface area contributed by atoms with Crippen molar-refractivity contribution < 1.29 is 4.79 Å². The van der Waals surface area contributed by atoms with Crippen LogP contribution in [0.1, 0.15) is 64.9 Å². The number of carbonyl (C=O) groups is 1. The Morgan fingerprint density at radius 1 is 1.23 bits per heavy atom. The molecule has 2 rings (SSSR count). The minimum absolute atomic E-state index is 0.129. The van der Waals surface area contributed by atoms with Gasteiger partial charge in [-0.1, -0.05) is 49.5 Å². The third-order valence-electron chi connectivity index (χ3n) is 5.46. The van der Waals surface area contributed by atoms with Gasteiger partial charge in [0.15, 0.2) is 0 Å². The summed E-state index contributed by atoms with van der Waals surface area (Å²) in [5.41, 5.74) is 1.42. The number of hydrogen-bond donors (Lipinski definition) is 2. The number of halogens is 2. The van der Waals surface area contributed by atoms with E-state index in [1.54, 1.807) is 0 Å². The molecule has 1 aromatic rings. The molecule has 0 saturated heterocycles. The maximum atomic E-state index is 11.7. The van der Waals surface area contributed by atoms with E-state index in [9.17, 15) is 4.79 Å². The molecule has 0 spiro atoms. The van der Waals surface area contributed by atoms with E-state index < -0.39 is 0 Å². The van der Waals surface area contributed by atoms with E-state index in [0.29, 0.717) is 35.0 Å². The summed E-state index contributed by atoms with van der Waals surface area (Å²) >= 11 is 12.4. The second kappa shape index (κ2) is 9.96. The van der Waals surface area contributed by atoms with Crippen LogP contribution in [-0.2, 0) is 10.2 Å². The van der Waals surface area contributed by atoms with Gasteiger partial charge in [0.05, 0.1) is 10.0 Å². The highest BCUT2D eigenvalue weighted by molar-refractivity contribution is 6.42. The van der Waals surface area contributed by atoms with E-state index in [4.69, 9.17) is 23.2 Å². The van der Waals surface area contributed by atoms with Crippen LogP contribution in [0.2, 0.25) is 10.0 Å². The van der Waals surface area contributed by atoms with Crippen LogP contribution in [0.4, 0.5) is 0 Å². The second-order valence-electron chi connectivity index (χ2n) is 7.83. The maximum Gasteiger partial charge on any atom is 0.220 e. The molecule has 26 heavy (non-hydrogen) atoms. The Morgan fingerprint density at radius 3 is 2.50 bits per heavy atom. The highest BCUT2D eigenvalue weighted by atomic mass is 35.5. The lowest BCUT2D eigenvalue weighted by Crippen LogP contribution is -2.53. The van der Waals surface area contributed by atoms with Gasteiger partial charge in [-0.2, -0.15) is 0 Å². The van der Waals surface area contributed by atoms with Gasteiger partial charge in [0.1, 0.15) is 0 Å². The van der Waals surface area contributed by atoms with Gasteiger partial charge in [-0.3, -0.25) is 4.79 Å². The predicted molar refractivity (Wildman–Crippen MR) is 111 cm³/mol. The van der Waals surface area contributed by atoms with Gasteiger partial charge in [0.25, 0.3) is 0 Å². The second-order valence-corrected chi connectivity index (χ2v) is 8.65. The first-order chi connectivity index (χ1) is 12.4. The molecule has 146 valence electrons. The Kier molecular flexibility index (Phi) is 8.25. The van der Waals surface area contributed by atoms with Gasteiger partial charge in [-0.05, 0) is 62.8 Å². The third-order valence-corrected chi connectivity index (χ3v) is 6.20. The number of amides is 1. The van der Waals surface area contributed by atoms with Crippen molar-refractivity contribution >= 4 is 29.1 Å². The van der Waals surface area contributed by atoms with Crippen molar-refractivity contribution in [3.8, 4) is 0 Å². The Balaban J connectivity index is 2.07. The minimum atomic E-state index is 0.129. The smallest absolute Gasteiger partial charge is 0.220 e. The molecule has 0 aliphatic heterocycles. The van der Waals surface area contributed by atoms with Crippen molar-refractivity contribution in [2.24, 2.45) is 5.92 Å². The first kappa shape index (κ1) is 21.5. The van der Waals surface area contributed by atoms with Crippen LogP contribution in [-0.4, -0.2) is 25.0 Å². The first-order valence-corrected chi connectivity index (χ1v) is 10.6. The highest BCUT2D eigenvalue weighted by Gasteiger charge is 2.45. The molecule has 2 N–H and O–H groups in total. The molecule has 0 aromatic heterocycles. The van der Waals surface area contributed by atoms with Crippen LogP contribution < -0.4 is 10.6 Å². The number of nitrogens with one attached hydrogen (secondary N) is 2. The molecule has 1 aliphatic rings. The number of benzene rings is 1. The average molecular weight is 399 g/mol. The Bertz CT molecular complexity index is 600. The molecule has 1 unspecified atom stereocenters. The van der Waals surface area contributed by atoms with Gasteiger partial charge in [0, 0.05) is 24.4 Å². The summed E-state index contributed by atoms with van der Waals surface area (Å²) in [4.78, 5) is 11.7. The Labute approximate surface area is 168 Å². The van der Waals surface area contributed by atoms with Crippen LogP contribution in [0, 0.1) is 5.92 Å². The topological polar surface area (TPSA) is 41.1 Å². The van der Waals surface area contributed by atoms with Crippen molar-refractivity contribution in [2.75, 3.05) is 13.1 Å².